The molecule has 2 aliphatic carbocycles. The molecule has 8 atom stereocenters. The Morgan fingerprint density at radius 1 is 0.824 bits per heavy atom. The zero-order valence-corrected chi connectivity index (χ0v) is 28.3. The van der Waals surface area contributed by atoms with Crippen LogP contribution in [0.2, 0.25) is 0 Å². The van der Waals surface area contributed by atoms with E-state index in [4.69, 9.17) is 30.4 Å². The number of primary amides is 2. The first-order valence-electron chi connectivity index (χ1n) is 16.5. The smallest absolute Gasteiger partial charge is 0.258 e. The highest BCUT2D eigenvalue weighted by atomic mass is 19.1. The van der Waals surface area contributed by atoms with Gasteiger partial charge in [-0.2, -0.15) is 0 Å². The van der Waals surface area contributed by atoms with Gasteiger partial charge in [-0.1, -0.05) is 13.8 Å². The number of nitrogens with one attached hydrogen (secondary N) is 2. The molecule has 4 fully saturated rings. The van der Waals surface area contributed by atoms with E-state index in [2.05, 4.69) is 27.5 Å². The van der Waals surface area contributed by atoms with E-state index in [1.54, 1.807) is 55.7 Å². The number of hydrogen-bond donors (Lipinski definition) is 4. The summed E-state index contributed by atoms with van der Waals surface area (Å²) in [6.45, 7) is 4.29. The van der Waals surface area contributed by atoms with E-state index in [0.717, 1.165) is 10.8 Å². The molecule has 2 aliphatic heterocycles. The van der Waals surface area contributed by atoms with E-state index < -0.39 is 29.4 Å². The van der Waals surface area contributed by atoms with Crippen molar-refractivity contribution in [3.8, 4) is 23.3 Å². The number of amides is 4. The van der Waals surface area contributed by atoms with Crippen LogP contribution >= 0.6 is 0 Å². The summed E-state index contributed by atoms with van der Waals surface area (Å²) in [6, 6.07) is 9.73. The fraction of sp³-hybridized carbons (Fsp3) is 0.389. The molecule has 51 heavy (non-hydrogen) atoms. The maximum Gasteiger partial charge on any atom is 0.258 e. The minimum atomic E-state index is -1.76. The molecule has 14 nitrogen and oxygen atoms in total. The fourth-order valence-electron chi connectivity index (χ4n) is 7.76. The Balaban J connectivity index is 0.000000159. The Morgan fingerprint density at radius 3 is 1.75 bits per heavy atom. The van der Waals surface area contributed by atoms with Crippen LogP contribution in [-0.4, -0.2) is 78.8 Å². The molecule has 0 unspecified atom stereocenters. The number of ether oxygens (including phenoxy) is 4. The number of nitrogens with two attached hydrogens (primary N) is 2. The van der Waals surface area contributed by atoms with Crippen molar-refractivity contribution < 1.29 is 42.5 Å². The second-order valence-corrected chi connectivity index (χ2v) is 13.4. The first-order valence-corrected chi connectivity index (χ1v) is 16.5. The maximum atomic E-state index is 14.4. The predicted molar refractivity (Wildman–Crippen MR) is 181 cm³/mol. The summed E-state index contributed by atoms with van der Waals surface area (Å²) in [5.41, 5.74) is 9.58. The first kappa shape index (κ1) is 33.8. The Kier molecular flexibility index (Phi) is 8.31. The molecule has 2 saturated heterocycles. The van der Waals surface area contributed by atoms with Crippen LogP contribution in [0.5, 0.6) is 23.3 Å². The van der Waals surface area contributed by atoms with Crippen molar-refractivity contribution in [1.82, 2.24) is 20.6 Å². The summed E-state index contributed by atoms with van der Waals surface area (Å²) < 4.78 is 36.5. The van der Waals surface area contributed by atoms with E-state index in [1.165, 1.54) is 14.2 Å². The monoisotopic (exact) mass is 700 g/mol. The van der Waals surface area contributed by atoms with Gasteiger partial charge in [-0.25, -0.2) is 14.4 Å². The molecule has 2 aromatic carbocycles. The van der Waals surface area contributed by atoms with Crippen molar-refractivity contribution in [2.24, 2.45) is 41.1 Å². The number of aromatic nitrogens is 2. The topological polar surface area (TPSA) is 207 Å². The van der Waals surface area contributed by atoms with Gasteiger partial charge in [0.15, 0.2) is 5.67 Å². The van der Waals surface area contributed by atoms with Gasteiger partial charge in [-0.3, -0.25) is 19.2 Å². The van der Waals surface area contributed by atoms with Crippen molar-refractivity contribution in [2.75, 3.05) is 27.4 Å². The molecule has 266 valence electrons. The van der Waals surface area contributed by atoms with Crippen molar-refractivity contribution in [3.05, 3.63) is 59.9 Å². The summed E-state index contributed by atoms with van der Waals surface area (Å²) in [4.78, 5) is 55.2. The van der Waals surface area contributed by atoms with Gasteiger partial charge < -0.3 is 41.0 Å². The second kappa shape index (κ2) is 12.5. The lowest BCUT2D eigenvalue weighted by Crippen LogP contribution is -2.38. The molecule has 6 N–H and O–H groups in total. The third-order valence-electron chi connectivity index (χ3n) is 10.6. The number of rotatable bonds is 10. The van der Waals surface area contributed by atoms with Gasteiger partial charge in [0, 0.05) is 40.9 Å². The third kappa shape index (κ3) is 5.65. The van der Waals surface area contributed by atoms with Crippen molar-refractivity contribution in [3.63, 3.8) is 0 Å². The highest BCUT2D eigenvalue weighted by molar-refractivity contribution is 6.02. The second-order valence-electron chi connectivity index (χ2n) is 13.4. The minimum absolute atomic E-state index is 0.0105. The van der Waals surface area contributed by atoms with E-state index in [1.807, 2.05) is 0 Å². The van der Waals surface area contributed by atoms with Gasteiger partial charge in [0.1, 0.15) is 24.7 Å². The predicted octanol–water partition coefficient (Wildman–Crippen LogP) is 2.30. The summed E-state index contributed by atoms with van der Waals surface area (Å²) >= 11 is 0. The zero-order valence-electron chi connectivity index (χ0n) is 28.3. The number of alkyl halides is 1. The molecule has 4 amide bonds. The molecule has 0 radical (unpaired) electrons. The van der Waals surface area contributed by atoms with Gasteiger partial charge in [0.25, 0.3) is 17.7 Å². The number of nitrogens with zero attached hydrogens (tertiary/aromatic N) is 2. The van der Waals surface area contributed by atoms with Gasteiger partial charge in [0.05, 0.1) is 37.4 Å². The average molecular weight is 701 g/mol. The molecular formula is C36H37FN6O8. The molecule has 2 saturated carbocycles. The number of fused-ring (bicyclic) bond motifs is 4. The van der Waals surface area contributed by atoms with Crippen LogP contribution in [0.1, 0.15) is 34.6 Å². The molecule has 2 aromatic heterocycles. The van der Waals surface area contributed by atoms with Gasteiger partial charge in [0.2, 0.25) is 17.7 Å². The number of pyridine rings is 2. The molecule has 8 rings (SSSR count). The van der Waals surface area contributed by atoms with E-state index in [9.17, 15) is 23.6 Å². The first-order chi connectivity index (χ1) is 24.4. The molecular weight excluding hydrogens is 663 g/mol. The third-order valence-corrected chi connectivity index (χ3v) is 10.6. The average Bonchev–Trinajstić information content (AvgIpc) is 3.84. The maximum absolute atomic E-state index is 14.4. The lowest BCUT2D eigenvalue weighted by molar-refractivity contribution is -0.126. The van der Waals surface area contributed by atoms with E-state index in [0.29, 0.717) is 58.0 Å². The van der Waals surface area contributed by atoms with Crippen molar-refractivity contribution in [2.45, 2.75) is 31.6 Å². The van der Waals surface area contributed by atoms with Crippen LogP contribution in [-0.2, 0) is 9.59 Å². The largest absolute Gasteiger partial charge is 0.496 e. The van der Waals surface area contributed by atoms with Crippen LogP contribution in [0.25, 0.3) is 21.5 Å². The van der Waals surface area contributed by atoms with Crippen LogP contribution in [0.3, 0.4) is 0 Å². The number of carbonyl (C=O) groups is 4. The molecule has 15 heteroatoms. The number of halogens is 1. The Labute approximate surface area is 291 Å². The molecule has 4 heterocycles. The highest BCUT2D eigenvalue weighted by Crippen LogP contribution is 2.59. The highest BCUT2D eigenvalue weighted by Gasteiger charge is 2.76. The quantitative estimate of drug-likeness (QED) is 0.190. The summed E-state index contributed by atoms with van der Waals surface area (Å²) in [5.74, 6) is 0.0644. The number of benzene rings is 2. The number of hydrogen-bond acceptors (Lipinski definition) is 10. The van der Waals surface area contributed by atoms with Gasteiger partial charge >= 0.3 is 0 Å². The summed E-state index contributed by atoms with van der Waals surface area (Å²) in [6.07, 6.45) is 3.16. The van der Waals surface area contributed by atoms with Crippen LogP contribution in [0.4, 0.5) is 4.39 Å². The molecule has 0 spiro atoms. The Morgan fingerprint density at radius 2 is 1.33 bits per heavy atom. The van der Waals surface area contributed by atoms with E-state index in [-0.39, 0.29) is 41.9 Å². The fourth-order valence-corrected chi connectivity index (χ4v) is 7.76. The van der Waals surface area contributed by atoms with Crippen LogP contribution in [0.15, 0.2) is 48.8 Å². The minimum Gasteiger partial charge on any atom is -0.496 e. The van der Waals surface area contributed by atoms with Crippen molar-refractivity contribution in [1.29, 1.82) is 0 Å². The standard InChI is InChI=1S/C18H18FN3O4.C18H19N3O4/c1-8-14-12(22-17(24)18(8,14)19)7-26-16-10-6-13(25-2)11(15(20)23)5-9(10)3-4-21-16;1-8-14-12(21-17(23)15(8)14)7-25-18-10-6-13(24-2)11(16(19)22)5-9(10)3-4-20-18/h3-6,8,12,14H,7H2,1-2H3,(H2,20,23)(H,22,24);3-6,8,12,14-15H,7H2,1-2H3,(H2,19,22)(H,21,23)/t8-,12+,14+,18-;8-,12+,14+,15+/m00/s1. The van der Waals surface area contributed by atoms with Crippen molar-refractivity contribution >= 4 is 45.2 Å². The molecule has 4 aromatic rings. The normalized spacial score (nSPS) is 28.1. The SMILES string of the molecule is COc1cc2c(OC[C@H]3NC(=O)[C@@H]4[C@@H](C)[C@@H]43)nccc2cc1C(N)=O.COc1cc2c(OC[C@H]3NC(=O)[C@@]4(F)[C@@H]3[C@@H]4C)nccc2cc1C(N)=O. The summed E-state index contributed by atoms with van der Waals surface area (Å²) in [5, 5.41) is 8.46. The molecule has 4 aliphatic rings. The van der Waals surface area contributed by atoms with Gasteiger partial charge in [-0.05, 0) is 59.0 Å². The number of methoxy groups -OCH3 is 2. The Bertz CT molecular complexity index is 2110. The number of carbonyl (C=O) groups excluding carboxylic acids is 4. The zero-order chi connectivity index (χ0) is 36.4. The van der Waals surface area contributed by atoms with Crippen LogP contribution < -0.4 is 41.0 Å². The molecule has 0 bridgehead atoms. The lowest BCUT2D eigenvalue weighted by atomic mass is 10.1. The van der Waals surface area contributed by atoms with Gasteiger partial charge in [-0.15, -0.1) is 0 Å². The summed E-state index contributed by atoms with van der Waals surface area (Å²) in [7, 11) is 2.92. The lowest BCUT2D eigenvalue weighted by Gasteiger charge is -2.16. The Hall–Kier alpha value is -5.73. The number of piperidine rings is 2. The van der Waals surface area contributed by atoms with Crippen LogP contribution in [0, 0.1) is 29.6 Å². The van der Waals surface area contributed by atoms with E-state index >= 15 is 0 Å².